The fraction of sp³-hybridized carbons (Fsp3) is 0.421. The van der Waals surface area contributed by atoms with Gasteiger partial charge in [-0.1, -0.05) is 17.7 Å². The summed E-state index contributed by atoms with van der Waals surface area (Å²) in [6.07, 6.45) is -3.43. The molecule has 1 heterocycles. The van der Waals surface area contributed by atoms with Gasteiger partial charge in [0.25, 0.3) is 0 Å². The van der Waals surface area contributed by atoms with Gasteiger partial charge in [0.15, 0.2) is 5.96 Å². The van der Waals surface area contributed by atoms with Crippen molar-refractivity contribution in [2.45, 2.75) is 26.1 Å². The van der Waals surface area contributed by atoms with Crippen molar-refractivity contribution in [3.8, 4) is 5.75 Å². The van der Waals surface area contributed by atoms with Crippen molar-refractivity contribution in [2.24, 2.45) is 4.99 Å². The van der Waals surface area contributed by atoms with Crippen LogP contribution in [0.4, 0.5) is 19.1 Å². The molecule has 0 saturated heterocycles. The molecule has 7 nitrogen and oxygen atoms in total. The number of methoxy groups -OCH3 is 1. The number of halogens is 3. The number of guanidine groups is 1. The maximum absolute atomic E-state index is 12.7. The standard InChI is InChI=1S/C19H25F3N6O/c1-12-5-6-15(29-4)14(11-12)13(2)27-17(23-3)25-9-10-26-18-24-8-7-16(28-18)19(20,21)22/h5-8,11,13H,9-10H2,1-4H3,(H2,23,25,27)(H,24,26,28). The molecule has 0 saturated carbocycles. The number of ether oxygens (including phenoxy) is 1. The number of aromatic nitrogens is 2. The highest BCUT2D eigenvalue weighted by molar-refractivity contribution is 5.80. The third-order valence-electron chi connectivity index (χ3n) is 4.08. The lowest BCUT2D eigenvalue weighted by molar-refractivity contribution is -0.141. The molecule has 0 aliphatic carbocycles. The largest absolute Gasteiger partial charge is 0.496 e. The van der Waals surface area contributed by atoms with E-state index in [-0.39, 0.29) is 12.0 Å². The fourth-order valence-corrected chi connectivity index (χ4v) is 2.63. The Bertz CT molecular complexity index is 841. The molecule has 0 aliphatic rings. The van der Waals surface area contributed by atoms with Crippen LogP contribution in [0.1, 0.15) is 29.8 Å². The predicted molar refractivity (Wildman–Crippen MR) is 106 cm³/mol. The van der Waals surface area contributed by atoms with E-state index in [0.29, 0.717) is 19.0 Å². The molecule has 0 fully saturated rings. The molecule has 0 spiro atoms. The van der Waals surface area contributed by atoms with Crippen LogP contribution >= 0.6 is 0 Å². The smallest absolute Gasteiger partial charge is 0.433 e. The highest BCUT2D eigenvalue weighted by Crippen LogP contribution is 2.27. The van der Waals surface area contributed by atoms with E-state index in [1.54, 1.807) is 14.2 Å². The van der Waals surface area contributed by atoms with Crippen LogP contribution < -0.4 is 20.7 Å². The molecule has 10 heteroatoms. The number of hydrogen-bond donors (Lipinski definition) is 3. The maximum Gasteiger partial charge on any atom is 0.433 e. The van der Waals surface area contributed by atoms with Gasteiger partial charge in [-0.25, -0.2) is 9.97 Å². The molecule has 29 heavy (non-hydrogen) atoms. The lowest BCUT2D eigenvalue weighted by Gasteiger charge is -2.20. The second-order valence-corrected chi connectivity index (χ2v) is 6.30. The van der Waals surface area contributed by atoms with Gasteiger partial charge in [0, 0.05) is 31.9 Å². The summed E-state index contributed by atoms with van der Waals surface area (Å²) in [7, 11) is 3.26. The third-order valence-corrected chi connectivity index (χ3v) is 4.08. The first-order valence-corrected chi connectivity index (χ1v) is 9.00. The Morgan fingerprint density at radius 2 is 2.00 bits per heavy atom. The normalized spacial score (nSPS) is 13.0. The zero-order valence-corrected chi connectivity index (χ0v) is 16.8. The number of nitrogens with zero attached hydrogens (tertiary/aromatic N) is 3. The van der Waals surface area contributed by atoms with Crippen LogP contribution in [0.25, 0.3) is 0 Å². The third kappa shape index (κ3) is 6.51. The van der Waals surface area contributed by atoms with Gasteiger partial charge in [0.1, 0.15) is 11.4 Å². The predicted octanol–water partition coefficient (Wildman–Crippen LogP) is 3.15. The summed E-state index contributed by atoms with van der Waals surface area (Å²) in [4.78, 5) is 11.4. The highest BCUT2D eigenvalue weighted by atomic mass is 19.4. The van der Waals surface area contributed by atoms with Gasteiger partial charge in [-0.3, -0.25) is 4.99 Å². The summed E-state index contributed by atoms with van der Waals surface area (Å²) in [6, 6.07) is 6.68. The van der Waals surface area contributed by atoms with E-state index < -0.39 is 11.9 Å². The average Bonchev–Trinajstić information content (AvgIpc) is 2.69. The van der Waals surface area contributed by atoms with Crippen LogP contribution in [0.3, 0.4) is 0 Å². The van der Waals surface area contributed by atoms with Crippen LogP contribution in [-0.4, -0.2) is 43.2 Å². The second-order valence-electron chi connectivity index (χ2n) is 6.30. The molecule has 0 amide bonds. The van der Waals surface area contributed by atoms with Crippen molar-refractivity contribution in [1.82, 2.24) is 20.6 Å². The van der Waals surface area contributed by atoms with E-state index >= 15 is 0 Å². The number of aryl methyl sites for hydroxylation is 1. The molecule has 0 aliphatic heterocycles. The summed E-state index contributed by atoms with van der Waals surface area (Å²) in [5, 5.41) is 9.12. The van der Waals surface area contributed by atoms with Crippen molar-refractivity contribution in [1.29, 1.82) is 0 Å². The van der Waals surface area contributed by atoms with Crippen LogP contribution in [0.2, 0.25) is 0 Å². The summed E-state index contributed by atoms with van der Waals surface area (Å²) < 4.78 is 43.5. The Kier molecular flexibility index (Phi) is 7.63. The summed E-state index contributed by atoms with van der Waals surface area (Å²) >= 11 is 0. The Morgan fingerprint density at radius 1 is 1.24 bits per heavy atom. The molecule has 0 bridgehead atoms. The van der Waals surface area contributed by atoms with Crippen molar-refractivity contribution < 1.29 is 17.9 Å². The molecule has 1 aromatic heterocycles. The Morgan fingerprint density at radius 3 is 2.66 bits per heavy atom. The van der Waals surface area contributed by atoms with E-state index in [9.17, 15) is 13.2 Å². The first kappa shape index (κ1) is 22.3. The number of alkyl halides is 3. The van der Waals surface area contributed by atoms with Gasteiger partial charge in [-0.05, 0) is 26.0 Å². The zero-order chi connectivity index (χ0) is 21.4. The van der Waals surface area contributed by atoms with Gasteiger partial charge in [0.05, 0.1) is 13.2 Å². The van der Waals surface area contributed by atoms with Gasteiger partial charge in [-0.2, -0.15) is 13.2 Å². The van der Waals surface area contributed by atoms with E-state index in [0.717, 1.165) is 29.1 Å². The number of aliphatic imine (C=N–C) groups is 1. The molecule has 2 rings (SSSR count). The quantitative estimate of drug-likeness (QED) is 0.370. The van der Waals surface area contributed by atoms with E-state index in [1.165, 1.54) is 0 Å². The molecule has 2 aromatic rings. The molecule has 0 radical (unpaired) electrons. The Hall–Kier alpha value is -3.04. The van der Waals surface area contributed by atoms with Crippen LogP contribution in [0, 0.1) is 6.92 Å². The fourth-order valence-electron chi connectivity index (χ4n) is 2.63. The van der Waals surface area contributed by atoms with Gasteiger partial charge >= 0.3 is 6.18 Å². The van der Waals surface area contributed by atoms with E-state index in [1.807, 2.05) is 32.0 Å². The maximum atomic E-state index is 12.7. The topological polar surface area (TPSA) is 83.5 Å². The lowest BCUT2D eigenvalue weighted by atomic mass is 10.0. The first-order valence-electron chi connectivity index (χ1n) is 9.00. The molecule has 158 valence electrons. The monoisotopic (exact) mass is 410 g/mol. The van der Waals surface area contributed by atoms with E-state index in [2.05, 4.69) is 30.9 Å². The van der Waals surface area contributed by atoms with Crippen molar-refractivity contribution in [2.75, 3.05) is 32.6 Å². The van der Waals surface area contributed by atoms with E-state index in [4.69, 9.17) is 4.74 Å². The molecule has 3 N–H and O–H groups in total. The van der Waals surface area contributed by atoms with Crippen LogP contribution in [-0.2, 0) is 6.18 Å². The van der Waals surface area contributed by atoms with Gasteiger partial charge < -0.3 is 20.7 Å². The minimum atomic E-state index is -4.50. The minimum absolute atomic E-state index is 0.0733. The minimum Gasteiger partial charge on any atom is -0.496 e. The molecule has 1 atom stereocenters. The van der Waals surface area contributed by atoms with Gasteiger partial charge in [0.2, 0.25) is 5.95 Å². The number of hydrogen-bond acceptors (Lipinski definition) is 5. The van der Waals surface area contributed by atoms with Crippen LogP contribution in [0.5, 0.6) is 5.75 Å². The average molecular weight is 410 g/mol. The molecule has 1 aromatic carbocycles. The summed E-state index contributed by atoms with van der Waals surface area (Å²) in [5.41, 5.74) is 1.12. The second kappa shape index (κ2) is 9.94. The Labute approximate surface area is 167 Å². The number of anilines is 1. The zero-order valence-electron chi connectivity index (χ0n) is 16.8. The van der Waals surface area contributed by atoms with Crippen molar-refractivity contribution in [3.63, 3.8) is 0 Å². The van der Waals surface area contributed by atoms with Crippen molar-refractivity contribution >= 4 is 11.9 Å². The molecule has 1 unspecified atom stereocenters. The number of nitrogens with one attached hydrogen (secondary N) is 3. The molecular formula is C19H25F3N6O. The number of benzene rings is 1. The molecular weight excluding hydrogens is 385 g/mol. The van der Waals surface area contributed by atoms with Crippen molar-refractivity contribution in [3.05, 3.63) is 47.3 Å². The summed E-state index contributed by atoms with van der Waals surface area (Å²) in [5.74, 6) is 1.24. The summed E-state index contributed by atoms with van der Waals surface area (Å²) in [6.45, 7) is 4.70. The Balaban J connectivity index is 1.88. The van der Waals surface area contributed by atoms with Crippen LogP contribution in [0.15, 0.2) is 35.5 Å². The highest BCUT2D eigenvalue weighted by Gasteiger charge is 2.32. The SMILES string of the molecule is CN=C(NCCNc1nccc(C(F)(F)F)n1)NC(C)c1cc(C)ccc1OC. The first-order chi connectivity index (χ1) is 13.7. The van der Waals surface area contributed by atoms with Gasteiger partial charge in [-0.15, -0.1) is 0 Å². The number of rotatable bonds is 7. The lowest BCUT2D eigenvalue weighted by Crippen LogP contribution is -2.40.